The first-order valence-corrected chi connectivity index (χ1v) is 7.67. The summed E-state index contributed by atoms with van der Waals surface area (Å²) in [5, 5.41) is 9.83. The summed E-state index contributed by atoms with van der Waals surface area (Å²) in [5.74, 6) is 0.0805. The molecule has 0 amide bonds. The van der Waals surface area contributed by atoms with Crippen LogP contribution in [0, 0.1) is 11.8 Å². The molecule has 0 aromatic rings. The van der Waals surface area contributed by atoms with E-state index in [-0.39, 0.29) is 12.0 Å². The smallest absolute Gasteiger partial charge is 0.243 e. The minimum Gasteiger partial charge on any atom is -0.392 e. The molecule has 1 spiro atoms. The second kappa shape index (κ2) is 6.04. The molecule has 1 aliphatic heterocycles. The van der Waals surface area contributed by atoms with Crippen molar-refractivity contribution in [1.29, 1.82) is 0 Å². The topological polar surface area (TPSA) is 23.5 Å². The van der Waals surface area contributed by atoms with Crippen molar-refractivity contribution in [3.05, 3.63) is 0 Å². The van der Waals surface area contributed by atoms with Gasteiger partial charge in [-0.3, -0.25) is 4.90 Å². The summed E-state index contributed by atoms with van der Waals surface area (Å²) in [6, 6.07) is 0. The van der Waals surface area contributed by atoms with Gasteiger partial charge in [-0.1, -0.05) is 26.7 Å². The van der Waals surface area contributed by atoms with E-state index in [4.69, 9.17) is 0 Å². The third-order valence-electron chi connectivity index (χ3n) is 4.80. The van der Waals surface area contributed by atoms with Crippen LogP contribution in [0.3, 0.4) is 0 Å². The first-order valence-electron chi connectivity index (χ1n) is 7.67. The van der Waals surface area contributed by atoms with E-state index >= 15 is 0 Å². The van der Waals surface area contributed by atoms with Gasteiger partial charge in [-0.15, -0.1) is 0 Å². The average Bonchev–Trinajstić information content (AvgIpc) is 3.09. The predicted molar refractivity (Wildman–Crippen MR) is 72.3 cm³/mol. The van der Waals surface area contributed by atoms with Crippen LogP contribution in [0.1, 0.15) is 52.4 Å². The third kappa shape index (κ3) is 3.46. The van der Waals surface area contributed by atoms with Gasteiger partial charge in [0, 0.05) is 18.0 Å². The monoisotopic (exact) mass is 275 g/mol. The van der Waals surface area contributed by atoms with Gasteiger partial charge in [0.05, 0.1) is 6.10 Å². The van der Waals surface area contributed by atoms with Gasteiger partial charge in [-0.25, -0.2) is 8.78 Å². The molecule has 2 unspecified atom stereocenters. The summed E-state index contributed by atoms with van der Waals surface area (Å²) in [4.78, 5) is 2.16. The number of aliphatic hydroxyl groups is 1. The zero-order valence-electron chi connectivity index (χ0n) is 12.1. The normalized spacial score (nSPS) is 30.5. The number of hydrogen-bond acceptors (Lipinski definition) is 2. The summed E-state index contributed by atoms with van der Waals surface area (Å²) < 4.78 is 26.3. The van der Waals surface area contributed by atoms with E-state index in [0.29, 0.717) is 12.5 Å². The molecule has 1 saturated heterocycles. The molecule has 4 heteroatoms. The number of piperidine rings is 1. The Hall–Kier alpha value is -0.220. The predicted octanol–water partition coefficient (Wildman–Crippen LogP) is 3.29. The maximum absolute atomic E-state index is 13.2. The van der Waals surface area contributed by atoms with E-state index in [1.165, 1.54) is 6.42 Å². The van der Waals surface area contributed by atoms with E-state index in [9.17, 15) is 13.9 Å². The number of rotatable bonds is 6. The van der Waals surface area contributed by atoms with Crippen molar-refractivity contribution in [3.63, 3.8) is 0 Å². The molecule has 1 N–H and O–H groups in total. The Morgan fingerprint density at radius 3 is 2.47 bits per heavy atom. The standard InChI is InChI=1S/C15H27F2NO/c1-11(2)5-3-4-8-18-10-12(19)9-13(14(16)17)15(18)6-7-15/h11-14,19H,3-10H2,1-2H3. The minimum absolute atomic E-state index is 0.273. The quantitative estimate of drug-likeness (QED) is 0.752. The molecule has 1 saturated carbocycles. The van der Waals surface area contributed by atoms with Gasteiger partial charge in [0.1, 0.15) is 0 Å². The van der Waals surface area contributed by atoms with Gasteiger partial charge < -0.3 is 5.11 Å². The number of unbranched alkanes of at least 4 members (excludes halogenated alkanes) is 1. The molecule has 1 aliphatic carbocycles. The summed E-state index contributed by atoms with van der Waals surface area (Å²) >= 11 is 0. The summed E-state index contributed by atoms with van der Waals surface area (Å²) in [5.41, 5.74) is -0.273. The minimum atomic E-state index is -2.30. The van der Waals surface area contributed by atoms with Gasteiger partial charge in [0.25, 0.3) is 0 Å². The largest absolute Gasteiger partial charge is 0.392 e. The van der Waals surface area contributed by atoms with Crippen LogP contribution < -0.4 is 0 Å². The summed E-state index contributed by atoms with van der Waals surface area (Å²) in [7, 11) is 0. The lowest BCUT2D eigenvalue weighted by Crippen LogP contribution is -2.54. The molecule has 2 fully saturated rings. The molecular weight excluding hydrogens is 248 g/mol. The Balaban J connectivity index is 1.88. The number of halogens is 2. The van der Waals surface area contributed by atoms with Crippen molar-refractivity contribution in [2.24, 2.45) is 11.8 Å². The Kier molecular flexibility index (Phi) is 4.83. The second-order valence-corrected chi connectivity index (χ2v) is 6.77. The maximum Gasteiger partial charge on any atom is 0.243 e. The van der Waals surface area contributed by atoms with Crippen molar-refractivity contribution >= 4 is 0 Å². The second-order valence-electron chi connectivity index (χ2n) is 6.77. The van der Waals surface area contributed by atoms with Crippen molar-refractivity contribution in [1.82, 2.24) is 4.90 Å². The molecule has 1 heterocycles. The lowest BCUT2D eigenvalue weighted by Gasteiger charge is -2.44. The van der Waals surface area contributed by atoms with Crippen molar-refractivity contribution in [2.45, 2.75) is 70.4 Å². The molecule has 2 aliphatic rings. The fourth-order valence-electron chi connectivity index (χ4n) is 3.58. The van der Waals surface area contributed by atoms with Crippen molar-refractivity contribution < 1.29 is 13.9 Å². The third-order valence-corrected chi connectivity index (χ3v) is 4.80. The van der Waals surface area contributed by atoms with Crippen LogP contribution >= 0.6 is 0 Å². The SMILES string of the molecule is CC(C)CCCCN1CC(O)CC(C(F)F)C12CC2. The number of aliphatic hydroxyl groups excluding tert-OH is 1. The number of hydrogen-bond donors (Lipinski definition) is 1. The van der Waals surface area contributed by atoms with Crippen LogP contribution in [0.25, 0.3) is 0 Å². The summed E-state index contributed by atoms with van der Waals surface area (Å²) in [6.45, 7) is 5.87. The van der Waals surface area contributed by atoms with Crippen molar-refractivity contribution in [2.75, 3.05) is 13.1 Å². The highest BCUT2D eigenvalue weighted by Crippen LogP contribution is 2.53. The molecule has 2 rings (SSSR count). The molecule has 112 valence electrons. The molecule has 0 aromatic carbocycles. The fraction of sp³-hybridized carbons (Fsp3) is 1.00. The van der Waals surface area contributed by atoms with Crippen LogP contribution in [0.5, 0.6) is 0 Å². The van der Waals surface area contributed by atoms with E-state index in [0.717, 1.165) is 32.2 Å². The summed E-state index contributed by atoms with van der Waals surface area (Å²) in [6.07, 6.45) is 2.59. The Labute approximate surface area is 115 Å². The maximum atomic E-state index is 13.2. The fourth-order valence-corrected chi connectivity index (χ4v) is 3.58. The van der Waals surface area contributed by atoms with E-state index in [2.05, 4.69) is 18.7 Å². The molecule has 19 heavy (non-hydrogen) atoms. The lowest BCUT2D eigenvalue weighted by atomic mass is 9.85. The van der Waals surface area contributed by atoms with Gasteiger partial charge in [0.15, 0.2) is 0 Å². The molecule has 0 bridgehead atoms. The number of likely N-dealkylation sites (tertiary alicyclic amines) is 1. The molecule has 0 radical (unpaired) electrons. The number of nitrogens with zero attached hydrogens (tertiary/aromatic N) is 1. The van der Waals surface area contributed by atoms with Gasteiger partial charge in [0.2, 0.25) is 6.43 Å². The zero-order chi connectivity index (χ0) is 14.0. The Bertz CT molecular complexity index is 292. The van der Waals surface area contributed by atoms with Crippen molar-refractivity contribution in [3.8, 4) is 0 Å². The van der Waals surface area contributed by atoms with Crippen LogP contribution in [-0.4, -0.2) is 41.2 Å². The average molecular weight is 275 g/mol. The van der Waals surface area contributed by atoms with E-state index in [1.54, 1.807) is 0 Å². The number of β-amino-alcohol motifs (C(OH)–C–C–N with tert-alkyl or cyclic N) is 1. The Morgan fingerprint density at radius 1 is 1.26 bits per heavy atom. The van der Waals surface area contributed by atoms with Gasteiger partial charge >= 0.3 is 0 Å². The van der Waals surface area contributed by atoms with Crippen LogP contribution in [0.4, 0.5) is 8.78 Å². The zero-order valence-corrected chi connectivity index (χ0v) is 12.1. The lowest BCUT2D eigenvalue weighted by molar-refractivity contribution is -0.0739. The first-order chi connectivity index (χ1) is 8.95. The Morgan fingerprint density at radius 2 is 1.95 bits per heavy atom. The first kappa shape index (κ1) is 15.2. The highest BCUT2D eigenvalue weighted by molar-refractivity contribution is 5.12. The number of alkyl halides is 2. The van der Waals surface area contributed by atoms with Crippen LogP contribution in [0.2, 0.25) is 0 Å². The van der Waals surface area contributed by atoms with Crippen LogP contribution in [-0.2, 0) is 0 Å². The molecule has 2 atom stereocenters. The van der Waals surface area contributed by atoms with E-state index < -0.39 is 18.4 Å². The molecular formula is C15H27F2NO. The van der Waals surface area contributed by atoms with Gasteiger partial charge in [-0.2, -0.15) is 0 Å². The molecule has 0 aromatic heterocycles. The van der Waals surface area contributed by atoms with Crippen LogP contribution in [0.15, 0.2) is 0 Å². The highest BCUT2D eigenvalue weighted by atomic mass is 19.3. The van der Waals surface area contributed by atoms with Gasteiger partial charge in [-0.05, 0) is 38.1 Å². The van der Waals surface area contributed by atoms with E-state index in [1.807, 2.05) is 0 Å². The highest BCUT2D eigenvalue weighted by Gasteiger charge is 2.59. The molecule has 2 nitrogen and oxygen atoms in total.